The molecule has 0 aliphatic carbocycles. The molecule has 1 heterocycles. The summed E-state index contributed by atoms with van der Waals surface area (Å²) in [4.78, 5) is 2.37. The average Bonchev–Trinajstić information content (AvgIpc) is 2.55. The number of halogens is 1. The monoisotopic (exact) mass is 348 g/mol. The highest BCUT2D eigenvalue weighted by Crippen LogP contribution is 2.25. The van der Waals surface area contributed by atoms with Crippen LogP contribution in [-0.2, 0) is 10.0 Å². The first-order valence-electron chi connectivity index (χ1n) is 8.07. The number of nitrogens with one attached hydrogen (secondary N) is 1. The molecule has 1 saturated heterocycles. The van der Waals surface area contributed by atoms with Crippen LogP contribution in [-0.4, -0.2) is 21.5 Å². The van der Waals surface area contributed by atoms with E-state index in [2.05, 4.69) is 16.5 Å². The van der Waals surface area contributed by atoms with Crippen LogP contribution in [0.5, 0.6) is 0 Å². The van der Waals surface area contributed by atoms with Crippen LogP contribution in [0.3, 0.4) is 0 Å². The van der Waals surface area contributed by atoms with Gasteiger partial charge in [-0.15, -0.1) is 0 Å². The largest absolute Gasteiger partial charge is 0.371 e. The van der Waals surface area contributed by atoms with Crippen LogP contribution < -0.4 is 9.62 Å². The highest BCUT2D eigenvalue weighted by atomic mass is 32.2. The fourth-order valence-corrected chi connectivity index (χ4v) is 4.05. The van der Waals surface area contributed by atoms with E-state index < -0.39 is 15.8 Å². The van der Waals surface area contributed by atoms with Gasteiger partial charge in [-0.1, -0.05) is 6.92 Å². The summed E-state index contributed by atoms with van der Waals surface area (Å²) >= 11 is 0. The van der Waals surface area contributed by atoms with Gasteiger partial charge in [-0.05, 0) is 67.3 Å². The van der Waals surface area contributed by atoms with Crippen molar-refractivity contribution in [2.75, 3.05) is 22.7 Å². The molecule has 1 N–H and O–H groups in total. The predicted octanol–water partition coefficient (Wildman–Crippen LogP) is 3.86. The fourth-order valence-electron chi connectivity index (χ4n) is 2.99. The quantitative estimate of drug-likeness (QED) is 0.913. The van der Waals surface area contributed by atoms with Gasteiger partial charge in [-0.2, -0.15) is 0 Å². The van der Waals surface area contributed by atoms with E-state index in [1.165, 1.54) is 25.0 Å². The van der Waals surface area contributed by atoms with Crippen molar-refractivity contribution in [1.29, 1.82) is 0 Å². The van der Waals surface area contributed by atoms with Gasteiger partial charge in [0, 0.05) is 24.5 Å². The SMILES string of the molecule is CC1CCCN(c2ccc(NS(=O)(=O)c3ccc(F)cc3)cc2)C1. The summed E-state index contributed by atoms with van der Waals surface area (Å²) in [5, 5.41) is 0. The van der Waals surface area contributed by atoms with Crippen molar-refractivity contribution in [2.45, 2.75) is 24.7 Å². The molecule has 4 nitrogen and oxygen atoms in total. The third-order valence-electron chi connectivity index (χ3n) is 4.27. The Bertz CT molecular complexity index is 789. The van der Waals surface area contributed by atoms with Crippen LogP contribution in [0.4, 0.5) is 15.8 Å². The summed E-state index contributed by atoms with van der Waals surface area (Å²) in [6, 6.07) is 12.2. The van der Waals surface area contributed by atoms with Crippen molar-refractivity contribution in [3.05, 3.63) is 54.3 Å². The molecule has 0 saturated carbocycles. The second-order valence-corrected chi connectivity index (χ2v) is 7.98. The number of rotatable bonds is 4. The minimum atomic E-state index is -3.71. The molecular weight excluding hydrogens is 327 g/mol. The van der Waals surface area contributed by atoms with Gasteiger partial charge in [0.15, 0.2) is 0 Å². The summed E-state index contributed by atoms with van der Waals surface area (Å²) in [6.07, 6.45) is 2.44. The zero-order valence-electron chi connectivity index (χ0n) is 13.6. The highest BCUT2D eigenvalue weighted by Gasteiger charge is 2.17. The van der Waals surface area contributed by atoms with E-state index in [4.69, 9.17) is 0 Å². The molecule has 128 valence electrons. The van der Waals surface area contributed by atoms with E-state index >= 15 is 0 Å². The Balaban J connectivity index is 1.72. The van der Waals surface area contributed by atoms with Gasteiger partial charge < -0.3 is 4.90 Å². The van der Waals surface area contributed by atoms with Crippen molar-refractivity contribution in [2.24, 2.45) is 5.92 Å². The molecular formula is C18H21FN2O2S. The zero-order valence-corrected chi connectivity index (χ0v) is 14.4. The van der Waals surface area contributed by atoms with E-state index in [1.54, 1.807) is 12.1 Å². The van der Waals surface area contributed by atoms with Crippen molar-refractivity contribution < 1.29 is 12.8 Å². The molecule has 1 aliphatic heterocycles. The molecule has 24 heavy (non-hydrogen) atoms. The summed E-state index contributed by atoms with van der Waals surface area (Å²) in [6.45, 7) is 4.31. The predicted molar refractivity (Wildman–Crippen MR) is 94.3 cm³/mol. The van der Waals surface area contributed by atoms with Crippen molar-refractivity contribution in [3.8, 4) is 0 Å². The van der Waals surface area contributed by atoms with E-state index in [9.17, 15) is 12.8 Å². The van der Waals surface area contributed by atoms with Gasteiger partial charge in [0.25, 0.3) is 10.0 Å². The molecule has 0 radical (unpaired) electrons. The molecule has 1 atom stereocenters. The number of nitrogens with zero attached hydrogens (tertiary/aromatic N) is 1. The molecule has 2 aromatic rings. The topological polar surface area (TPSA) is 49.4 Å². The summed E-state index contributed by atoms with van der Waals surface area (Å²) in [5.74, 6) is 0.212. The summed E-state index contributed by atoms with van der Waals surface area (Å²) in [5.41, 5.74) is 1.60. The first kappa shape index (κ1) is 16.8. The molecule has 0 spiro atoms. The maximum atomic E-state index is 12.9. The lowest BCUT2D eigenvalue weighted by atomic mass is 10.00. The molecule has 1 fully saturated rings. The molecule has 1 unspecified atom stereocenters. The Kier molecular flexibility index (Phi) is 4.76. The van der Waals surface area contributed by atoms with E-state index in [1.807, 2.05) is 12.1 Å². The van der Waals surface area contributed by atoms with Gasteiger partial charge >= 0.3 is 0 Å². The van der Waals surface area contributed by atoms with Crippen LogP contribution >= 0.6 is 0 Å². The molecule has 3 rings (SSSR count). The molecule has 0 amide bonds. The molecule has 1 aliphatic rings. The van der Waals surface area contributed by atoms with Gasteiger partial charge in [0.05, 0.1) is 4.90 Å². The number of sulfonamides is 1. The van der Waals surface area contributed by atoms with Crippen LogP contribution in [0.15, 0.2) is 53.4 Å². The standard InChI is InChI=1S/C18H21FN2O2S/c1-14-3-2-12-21(13-14)17-8-6-16(7-9-17)20-24(22,23)18-10-4-15(19)5-11-18/h4-11,14,20H,2-3,12-13H2,1H3. The van der Waals surface area contributed by atoms with Gasteiger partial charge in [-0.25, -0.2) is 12.8 Å². The van der Waals surface area contributed by atoms with Crippen molar-refractivity contribution >= 4 is 21.4 Å². The fraction of sp³-hybridized carbons (Fsp3) is 0.333. The number of benzene rings is 2. The van der Waals surface area contributed by atoms with Crippen LogP contribution in [0, 0.1) is 11.7 Å². The van der Waals surface area contributed by atoms with Crippen molar-refractivity contribution in [1.82, 2.24) is 0 Å². The summed E-state index contributed by atoms with van der Waals surface area (Å²) < 4.78 is 40.1. The third-order valence-corrected chi connectivity index (χ3v) is 5.66. The van der Waals surface area contributed by atoms with Gasteiger partial charge in [-0.3, -0.25) is 4.72 Å². The Labute approximate surface area is 142 Å². The molecule has 0 aromatic heterocycles. The second-order valence-electron chi connectivity index (χ2n) is 6.30. The normalized spacial score (nSPS) is 18.4. The minimum absolute atomic E-state index is 0.0397. The average molecular weight is 348 g/mol. The lowest BCUT2D eigenvalue weighted by molar-refractivity contribution is 0.447. The number of anilines is 2. The second kappa shape index (κ2) is 6.81. The first-order chi connectivity index (χ1) is 11.4. The Hall–Kier alpha value is -2.08. The number of hydrogen-bond acceptors (Lipinski definition) is 3. The van der Waals surface area contributed by atoms with E-state index in [0.717, 1.165) is 30.9 Å². The van der Waals surface area contributed by atoms with Crippen LogP contribution in [0.25, 0.3) is 0 Å². The zero-order chi connectivity index (χ0) is 17.2. The van der Waals surface area contributed by atoms with Crippen molar-refractivity contribution in [3.63, 3.8) is 0 Å². The Morgan fingerprint density at radius 2 is 1.75 bits per heavy atom. The first-order valence-corrected chi connectivity index (χ1v) is 9.56. The smallest absolute Gasteiger partial charge is 0.261 e. The van der Waals surface area contributed by atoms with E-state index in [0.29, 0.717) is 11.6 Å². The summed E-state index contributed by atoms with van der Waals surface area (Å²) in [7, 11) is -3.71. The minimum Gasteiger partial charge on any atom is -0.371 e. The lowest BCUT2D eigenvalue weighted by Crippen LogP contribution is -2.34. The van der Waals surface area contributed by atoms with Gasteiger partial charge in [0.1, 0.15) is 5.82 Å². The molecule has 0 bridgehead atoms. The maximum absolute atomic E-state index is 12.9. The number of piperidine rings is 1. The van der Waals surface area contributed by atoms with Crippen LogP contribution in [0.1, 0.15) is 19.8 Å². The van der Waals surface area contributed by atoms with Gasteiger partial charge in [0.2, 0.25) is 0 Å². The maximum Gasteiger partial charge on any atom is 0.261 e. The van der Waals surface area contributed by atoms with Crippen LogP contribution in [0.2, 0.25) is 0 Å². The molecule has 6 heteroatoms. The highest BCUT2D eigenvalue weighted by molar-refractivity contribution is 7.92. The number of hydrogen-bond donors (Lipinski definition) is 1. The lowest BCUT2D eigenvalue weighted by Gasteiger charge is -2.32. The Morgan fingerprint density at radius 1 is 1.08 bits per heavy atom. The molecule has 2 aromatic carbocycles. The van der Waals surface area contributed by atoms with E-state index in [-0.39, 0.29) is 4.90 Å². The Morgan fingerprint density at radius 3 is 2.38 bits per heavy atom. The third kappa shape index (κ3) is 3.87.